The van der Waals surface area contributed by atoms with Crippen LogP contribution in [0.15, 0.2) is 24.3 Å². The monoisotopic (exact) mass is 305 g/mol. The van der Waals surface area contributed by atoms with Crippen molar-refractivity contribution in [3.05, 3.63) is 34.4 Å². The molecule has 3 aliphatic rings. The molecule has 0 aliphatic carbocycles. The van der Waals surface area contributed by atoms with E-state index in [-0.39, 0.29) is 23.3 Å². The van der Waals surface area contributed by atoms with Gasteiger partial charge in [0.1, 0.15) is 5.69 Å². The zero-order chi connectivity index (χ0) is 15.7. The molecule has 3 heterocycles. The molecule has 2 bridgehead atoms. The highest BCUT2D eigenvalue weighted by Crippen LogP contribution is 2.27. The third-order valence-corrected chi connectivity index (χ3v) is 5.14. The van der Waals surface area contributed by atoms with E-state index in [2.05, 4.69) is 10.2 Å². The molecule has 3 fully saturated rings. The molecular formula is C15H21N4O3+. The van der Waals surface area contributed by atoms with Crippen LogP contribution < -0.4 is 5.32 Å². The molecule has 22 heavy (non-hydrogen) atoms. The maximum atomic E-state index is 12.6. The average molecular weight is 305 g/mol. The van der Waals surface area contributed by atoms with Crippen LogP contribution in [0.1, 0.15) is 6.92 Å². The van der Waals surface area contributed by atoms with Gasteiger partial charge in [0.15, 0.2) is 6.04 Å². The summed E-state index contributed by atoms with van der Waals surface area (Å²) in [5.41, 5.74) is 0.213. The number of para-hydroxylation sites is 2. The second kappa shape index (κ2) is 5.66. The van der Waals surface area contributed by atoms with E-state index in [9.17, 15) is 14.9 Å². The summed E-state index contributed by atoms with van der Waals surface area (Å²) in [4.78, 5) is 25.6. The minimum absolute atomic E-state index is 0.0634. The number of benzene rings is 1. The van der Waals surface area contributed by atoms with E-state index >= 15 is 0 Å². The number of hydrogen-bond acceptors (Lipinski definition) is 4. The number of amides is 1. The van der Waals surface area contributed by atoms with E-state index in [4.69, 9.17) is 0 Å². The highest BCUT2D eigenvalue weighted by Gasteiger charge is 2.45. The van der Waals surface area contributed by atoms with Crippen molar-refractivity contribution in [3.63, 3.8) is 0 Å². The predicted octanol–water partition coefficient (Wildman–Crippen LogP) is 1.07. The number of anilines is 1. The van der Waals surface area contributed by atoms with Crippen LogP contribution in [-0.2, 0) is 4.79 Å². The molecule has 0 radical (unpaired) electrons. The third-order valence-electron chi connectivity index (χ3n) is 5.14. The Labute approximate surface area is 129 Å². The van der Waals surface area contributed by atoms with Crippen LogP contribution in [0.4, 0.5) is 11.4 Å². The van der Waals surface area contributed by atoms with Gasteiger partial charge in [-0.25, -0.2) is 0 Å². The maximum absolute atomic E-state index is 12.6. The number of quaternary nitrogens is 1. The summed E-state index contributed by atoms with van der Waals surface area (Å²) in [6.07, 6.45) is 0. The number of nitrogens with zero attached hydrogens (tertiary/aromatic N) is 3. The normalized spacial score (nSPS) is 28.1. The summed E-state index contributed by atoms with van der Waals surface area (Å²) in [5.74, 6) is -0.135. The molecule has 1 aromatic rings. The Balaban J connectivity index is 1.76. The largest absolute Gasteiger partial charge is 0.315 e. The van der Waals surface area contributed by atoms with Crippen LogP contribution in [0.3, 0.4) is 0 Å². The first-order valence-electron chi connectivity index (χ1n) is 7.64. The second-order valence-corrected chi connectivity index (χ2v) is 6.17. The zero-order valence-corrected chi connectivity index (χ0v) is 12.7. The number of hydrogen-bond donors (Lipinski definition) is 1. The van der Waals surface area contributed by atoms with E-state index in [0.29, 0.717) is 0 Å². The molecule has 3 aliphatic heterocycles. The molecule has 3 saturated heterocycles. The van der Waals surface area contributed by atoms with Gasteiger partial charge in [-0.2, -0.15) is 0 Å². The highest BCUT2D eigenvalue weighted by atomic mass is 16.6. The molecule has 7 heteroatoms. The van der Waals surface area contributed by atoms with Crippen molar-refractivity contribution in [2.75, 3.05) is 44.6 Å². The van der Waals surface area contributed by atoms with Crippen molar-refractivity contribution >= 4 is 17.3 Å². The van der Waals surface area contributed by atoms with Crippen molar-refractivity contribution < 1.29 is 14.2 Å². The van der Waals surface area contributed by atoms with Gasteiger partial charge < -0.3 is 9.80 Å². The van der Waals surface area contributed by atoms with Gasteiger partial charge in [0.25, 0.3) is 11.6 Å². The van der Waals surface area contributed by atoms with E-state index < -0.39 is 4.92 Å². The van der Waals surface area contributed by atoms with Crippen LogP contribution in [0.5, 0.6) is 0 Å². The number of carbonyl (C=O) groups is 1. The lowest BCUT2D eigenvalue weighted by molar-refractivity contribution is -0.953. The van der Waals surface area contributed by atoms with Crippen molar-refractivity contribution in [2.45, 2.75) is 13.0 Å². The second-order valence-electron chi connectivity index (χ2n) is 6.17. The first-order valence-corrected chi connectivity index (χ1v) is 7.64. The number of nitro benzene ring substituents is 1. The fourth-order valence-corrected chi connectivity index (χ4v) is 3.50. The number of nitro groups is 1. The lowest BCUT2D eigenvalue weighted by Crippen LogP contribution is -2.72. The van der Waals surface area contributed by atoms with Crippen molar-refractivity contribution in [2.24, 2.45) is 0 Å². The standard InChI is InChI=1S/C15H20N4O3/c1-12(19-9-6-17(7-10-19)8-11-19)15(20)16-13-4-2-3-5-14(13)18(21)22/h2-5,12H,6-11H2,1H3/p+1/t12-/m1/s1. The highest BCUT2D eigenvalue weighted by molar-refractivity contribution is 5.95. The van der Waals surface area contributed by atoms with Gasteiger partial charge >= 0.3 is 0 Å². The summed E-state index contributed by atoms with van der Waals surface area (Å²) in [6, 6.07) is 6.09. The topological polar surface area (TPSA) is 75.5 Å². The van der Waals surface area contributed by atoms with Gasteiger partial charge in [-0.05, 0) is 13.0 Å². The Kier molecular flexibility index (Phi) is 3.84. The first-order chi connectivity index (χ1) is 10.5. The summed E-state index contributed by atoms with van der Waals surface area (Å²) in [5, 5.41) is 13.8. The fourth-order valence-electron chi connectivity index (χ4n) is 3.50. The van der Waals surface area contributed by atoms with Gasteiger partial charge in [-0.1, -0.05) is 12.1 Å². The molecule has 1 atom stereocenters. The third kappa shape index (κ3) is 2.57. The smallest absolute Gasteiger partial charge is 0.292 e. The maximum Gasteiger partial charge on any atom is 0.292 e. The lowest BCUT2D eigenvalue weighted by atomic mass is 10.1. The number of piperazine rings is 3. The summed E-state index contributed by atoms with van der Waals surface area (Å²) in [7, 11) is 0. The minimum Gasteiger partial charge on any atom is -0.315 e. The van der Waals surface area contributed by atoms with Gasteiger partial charge in [-0.3, -0.25) is 19.8 Å². The van der Waals surface area contributed by atoms with Crippen molar-refractivity contribution in [1.29, 1.82) is 0 Å². The summed E-state index contributed by atoms with van der Waals surface area (Å²) < 4.78 is 0.795. The van der Waals surface area contributed by atoms with Crippen LogP contribution in [0.2, 0.25) is 0 Å². The summed E-state index contributed by atoms with van der Waals surface area (Å²) >= 11 is 0. The molecule has 0 aromatic heterocycles. The SMILES string of the molecule is C[C@H](C(=O)Nc1ccccc1[N+](=O)[O-])[N+]12CCN(CC1)CC2. The molecule has 0 unspecified atom stereocenters. The van der Waals surface area contributed by atoms with Crippen molar-refractivity contribution in [1.82, 2.24) is 4.90 Å². The zero-order valence-electron chi connectivity index (χ0n) is 12.7. The van der Waals surface area contributed by atoms with Crippen molar-refractivity contribution in [3.8, 4) is 0 Å². The van der Waals surface area contributed by atoms with Gasteiger partial charge in [-0.15, -0.1) is 0 Å². The number of nitrogens with one attached hydrogen (secondary N) is 1. The quantitative estimate of drug-likeness (QED) is 0.513. The molecular weight excluding hydrogens is 284 g/mol. The molecule has 1 aromatic carbocycles. The van der Waals surface area contributed by atoms with Crippen LogP contribution in [0, 0.1) is 10.1 Å². The van der Waals surface area contributed by atoms with E-state index in [1.165, 1.54) is 6.07 Å². The van der Waals surface area contributed by atoms with Gasteiger partial charge in [0, 0.05) is 25.7 Å². The Bertz CT molecular complexity index is 582. The number of carbonyl (C=O) groups excluding carboxylic acids is 1. The van der Waals surface area contributed by atoms with Gasteiger partial charge in [0.05, 0.1) is 24.6 Å². The average Bonchev–Trinajstić information content (AvgIpc) is 2.56. The van der Waals surface area contributed by atoms with Crippen LogP contribution in [-0.4, -0.2) is 65.5 Å². The number of fused-ring (bicyclic) bond motifs is 3. The Morgan fingerprint density at radius 3 is 2.45 bits per heavy atom. The molecule has 1 amide bonds. The fraction of sp³-hybridized carbons (Fsp3) is 0.533. The predicted molar refractivity (Wildman–Crippen MR) is 82.5 cm³/mol. The Morgan fingerprint density at radius 1 is 1.27 bits per heavy atom. The lowest BCUT2D eigenvalue weighted by Gasteiger charge is -2.52. The van der Waals surface area contributed by atoms with Crippen LogP contribution >= 0.6 is 0 Å². The van der Waals surface area contributed by atoms with Crippen LogP contribution in [0.25, 0.3) is 0 Å². The molecule has 7 nitrogen and oxygen atoms in total. The molecule has 4 rings (SSSR count). The Hall–Kier alpha value is -1.99. The first kappa shape index (κ1) is 14.9. The minimum atomic E-state index is -0.466. The Morgan fingerprint density at radius 2 is 1.86 bits per heavy atom. The molecule has 118 valence electrons. The van der Waals surface area contributed by atoms with E-state index in [1.54, 1.807) is 18.2 Å². The molecule has 0 saturated carbocycles. The van der Waals surface area contributed by atoms with Gasteiger partial charge in [0.2, 0.25) is 0 Å². The number of rotatable bonds is 4. The molecule has 1 N–H and O–H groups in total. The molecule has 0 spiro atoms. The van der Waals surface area contributed by atoms with E-state index in [0.717, 1.165) is 43.8 Å². The van der Waals surface area contributed by atoms with E-state index in [1.807, 2.05) is 6.92 Å². The summed E-state index contributed by atoms with van der Waals surface area (Å²) in [6.45, 7) is 7.96.